The van der Waals surface area contributed by atoms with E-state index in [1.54, 1.807) is 12.1 Å². The number of aromatic nitrogens is 1. The second-order valence-electron chi connectivity index (χ2n) is 10.8. The Hall–Kier alpha value is -1.69. The minimum Gasteiger partial charge on any atom is -1.00 e. The van der Waals surface area contributed by atoms with Crippen molar-refractivity contribution in [2.75, 3.05) is 19.6 Å². The Bertz CT molecular complexity index is 1080. The summed E-state index contributed by atoms with van der Waals surface area (Å²) in [6.07, 6.45) is 6.73. The fourth-order valence-electron chi connectivity index (χ4n) is 7.45. The van der Waals surface area contributed by atoms with Gasteiger partial charge in [-0.1, -0.05) is 62.6 Å². The van der Waals surface area contributed by atoms with E-state index in [2.05, 4.69) is 35.1 Å². The molecule has 2 aromatic rings. The summed E-state index contributed by atoms with van der Waals surface area (Å²) in [6.45, 7) is 6.91. The van der Waals surface area contributed by atoms with Crippen molar-refractivity contribution in [2.45, 2.75) is 76.2 Å². The molecule has 4 atom stereocenters. The van der Waals surface area contributed by atoms with Gasteiger partial charge in [-0.3, -0.25) is 4.79 Å². The molecule has 1 aromatic carbocycles. The second kappa shape index (κ2) is 11.4. The van der Waals surface area contributed by atoms with Gasteiger partial charge in [0, 0.05) is 18.3 Å². The zero-order valence-corrected chi connectivity index (χ0v) is 22.9. The van der Waals surface area contributed by atoms with Crippen LogP contribution in [0.15, 0.2) is 36.4 Å². The summed E-state index contributed by atoms with van der Waals surface area (Å²) in [6, 6.07) is 11.4. The van der Waals surface area contributed by atoms with Gasteiger partial charge in [-0.2, -0.15) is 0 Å². The third-order valence-electron chi connectivity index (χ3n) is 9.25. The van der Waals surface area contributed by atoms with E-state index in [0.717, 1.165) is 69.3 Å². The van der Waals surface area contributed by atoms with Crippen molar-refractivity contribution in [3.8, 4) is 0 Å². The molecule has 0 radical (unpaired) electrons. The molecule has 1 aromatic heterocycles. The first-order valence-corrected chi connectivity index (χ1v) is 13.9. The first-order valence-electron chi connectivity index (χ1n) is 13.5. The summed E-state index contributed by atoms with van der Waals surface area (Å²) in [5, 5.41) is 2.86. The summed E-state index contributed by atoms with van der Waals surface area (Å²) in [4.78, 5) is 21.3. The van der Waals surface area contributed by atoms with E-state index >= 15 is 0 Å². The maximum atomic E-state index is 14.7. The molecule has 3 aliphatic rings. The monoisotopic (exact) mass is 533 g/mol. The number of amides is 1. The molecule has 3 heterocycles. The number of likely N-dealkylation sites (tertiary alicyclic amines) is 1. The highest BCUT2D eigenvalue weighted by molar-refractivity contribution is 6.29. The van der Waals surface area contributed by atoms with Gasteiger partial charge in [0.15, 0.2) is 0 Å². The third-order valence-corrected chi connectivity index (χ3v) is 9.47. The zero-order chi connectivity index (χ0) is 24.6. The lowest BCUT2D eigenvalue weighted by Gasteiger charge is -2.46. The average molecular weight is 535 g/mol. The zero-order valence-electron chi connectivity index (χ0n) is 21.4. The number of carbonyl (C=O) groups excluding carboxylic acids is 1. The van der Waals surface area contributed by atoms with Crippen molar-refractivity contribution >= 4 is 17.5 Å². The van der Waals surface area contributed by atoms with Gasteiger partial charge in [0.25, 0.3) is 0 Å². The molecule has 1 aliphatic carbocycles. The molecule has 2 aliphatic heterocycles. The van der Waals surface area contributed by atoms with Crippen LogP contribution >= 0.6 is 11.6 Å². The Kier molecular flexibility index (Phi) is 8.63. The van der Waals surface area contributed by atoms with Gasteiger partial charge in [-0.05, 0) is 67.2 Å². The largest absolute Gasteiger partial charge is 1.00 e. The van der Waals surface area contributed by atoms with Crippen molar-refractivity contribution in [1.29, 1.82) is 0 Å². The molecule has 5 rings (SSSR count). The normalized spacial score (nSPS) is 27.7. The van der Waals surface area contributed by atoms with E-state index < -0.39 is 0 Å². The van der Waals surface area contributed by atoms with Crippen LogP contribution in [0.4, 0.5) is 4.39 Å². The van der Waals surface area contributed by atoms with Crippen LogP contribution in [0.25, 0.3) is 0 Å². The molecule has 196 valence electrons. The number of nitrogens with two attached hydrogens (primary N) is 1. The highest BCUT2D eigenvalue weighted by Crippen LogP contribution is 2.46. The summed E-state index contributed by atoms with van der Waals surface area (Å²) in [5.74, 6) is 0.720. The number of rotatable bonds is 5. The number of pyridine rings is 1. The summed E-state index contributed by atoms with van der Waals surface area (Å²) in [5.41, 5.74) is 2.96. The predicted octanol–water partition coefficient (Wildman–Crippen LogP) is 1.86. The lowest BCUT2D eigenvalue weighted by Crippen LogP contribution is -3.00. The molecular formula is C29H38Cl2FN3O. The van der Waals surface area contributed by atoms with E-state index in [1.165, 1.54) is 5.56 Å². The lowest BCUT2D eigenvalue weighted by atomic mass is 9.65. The van der Waals surface area contributed by atoms with Crippen LogP contribution in [0, 0.1) is 17.7 Å². The third kappa shape index (κ3) is 4.79. The smallest absolute Gasteiger partial charge is 0.232 e. The minimum atomic E-state index is -0.164. The van der Waals surface area contributed by atoms with Crippen molar-refractivity contribution in [3.05, 3.63) is 64.2 Å². The van der Waals surface area contributed by atoms with Gasteiger partial charge in [0.2, 0.25) is 5.91 Å². The number of nitrogens with zero attached hydrogens (tertiary/aromatic N) is 2. The number of hydrogen-bond donors (Lipinski definition) is 1. The Morgan fingerprint density at radius 1 is 1.25 bits per heavy atom. The standard InChI is InChI=1S/C29H37ClFN3O.ClH/c1-3-19(4-2)26-16-20(21-8-5-6-9-24(21)31)13-15-34(26)28(35)23-17-32-18-29(23)14-7-10-25-22(29)11-12-27(30)33-25;/h5-6,8-9,11-12,19-20,23,26,32H,3-4,7,10,13-18H2,1-2H3;1H/t20?,23-,26?,29-;/m0./s1. The molecule has 36 heavy (non-hydrogen) atoms. The van der Waals surface area contributed by atoms with E-state index in [4.69, 9.17) is 11.6 Å². The molecule has 2 N–H and O–H groups in total. The van der Waals surface area contributed by atoms with Gasteiger partial charge in [-0.15, -0.1) is 0 Å². The molecule has 1 amide bonds. The van der Waals surface area contributed by atoms with Crippen LogP contribution < -0.4 is 17.7 Å². The topological polar surface area (TPSA) is 49.8 Å². The Balaban J connectivity index is 0.00000304. The maximum absolute atomic E-state index is 14.7. The molecule has 2 saturated heterocycles. The van der Waals surface area contributed by atoms with E-state index in [9.17, 15) is 9.18 Å². The maximum Gasteiger partial charge on any atom is 0.232 e. The number of fused-ring (bicyclic) bond motifs is 2. The highest BCUT2D eigenvalue weighted by atomic mass is 35.5. The predicted molar refractivity (Wildman–Crippen MR) is 137 cm³/mol. The average Bonchev–Trinajstić information content (AvgIpc) is 3.28. The fourth-order valence-corrected chi connectivity index (χ4v) is 7.62. The van der Waals surface area contributed by atoms with Crippen LogP contribution in [0.5, 0.6) is 0 Å². The van der Waals surface area contributed by atoms with E-state index in [0.29, 0.717) is 23.5 Å². The first kappa shape index (κ1) is 27.3. The number of quaternary nitrogens is 1. The Morgan fingerprint density at radius 2 is 2.03 bits per heavy atom. The van der Waals surface area contributed by atoms with Crippen LogP contribution in [-0.2, 0) is 16.6 Å². The molecule has 7 heteroatoms. The van der Waals surface area contributed by atoms with Crippen LogP contribution in [0.2, 0.25) is 5.15 Å². The number of benzene rings is 1. The fraction of sp³-hybridized carbons (Fsp3) is 0.586. The van der Waals surface area contributed by atoms with E-state index in [1.807, 2.05) is 18.2 Å². The van der Waals surface area contributed by atoms with Crippen molar-refractivity contribution in [1.82, 2.24) is 9.88 Å². The minimum absolute atomic E-state index is 0. The van der Waals surface area contributed by atoms with Crippen molar-refractivity contribution < 1.29 is 26.9 Å². The van der Waals surface area contributed by atoms with Crippen LogP contribution in [-0.4, -0.2) is 41.5 Å². The van der Waals surface area contributed by atoms with Crippen molar-refractivity contribution in [2.24, 2.45) is 11.8 Å². The molecule has 1 spiro atoms. The SMILES string of the molecule is CCC(CC)C1CC(c2ccccc2F)CCN1C(=O)[C@@H]1C[NH2+]C[C@]12CCCc1nc(Cl)ccc12.[Cl-]. The van der Waals surface area contributed by atoms with Gasteiger partial charge >= 0.3 is 0 Å². The lowest BCUT2D eigenvalue weighted by molar-refractivity contribution is -0.640. The number of halogens is 3. The summed E-state index contributed by atoms with van der Waals surface area (Å²) < 4.78 is 14.7. The van der Waals surface area contributed by atoms with Crippen LogP contribution in [0.1, 0.15) is 75.1 Å². The van der Waals surface area contributed by atoms with Gasteiger partial charge in [0.1, 0.15) is 16.9 Å². The molecule has 2 fully saturated rings. The summed E-state index contributed by atoms with van der Waals surface area (Å²) in [7, 11) is 0. The molecule has 4 nitrogen and oxygen atoms in total. The molecular weight excluding hydrogens is 496 g/mol. The molecule has 0 bridgehead atoms. The highest BCUT2D eigenvalue weighted by Gasteiger charge is 2.55. The van der Waals surface area contributed by atoms with Crippen LogP contribution in [0.3, 0.4) is 0 Å². The quantitative estimate of drug-likeness (QED) is 0.596. The van der Waals surface area contributed by atoms with Gasteiger partial charge in [-0.25, -0.2) is 9.37 Å². The number of hydrogen-bond acceptors (Lipinski definition) is 2. The number of aryl methyl sites for hydroxylation is 1. The van der Waals surface area contributed by atoms with Crippen molar-refractivity contribution in [3.63, 3.8) is 0 Å². The van der Waals surface area contributed by atoms with Gasteiger partial charge in [0.05, 0.1) is 18.5 Å². The van der Waals surface area contributed by atoms with Gasteiger partial charge < -0.3 is 22.6 Å². The summed E-state index contributed by atoms with van der Waals surface area (Å²) >= 11 is 6.23. The van der Waals surface area contributed by atoms with E-state index in [-0.39, 0.29) is 41.5 Å². The first-order chi connectivity index (χ1) is 17.0. The number of carbonyl (C=O) groups is 1. The number of piperidine rings is 1. The Labute approximate surface area is 225 Å². The second-order valence-corrected chi connectivity index (χ2v) is 11.2. The molecule has 2 unspecified atom stereocenters. The Morgan fingerprint density at radius 3 is 2.78 bits per heavy atom. The molecule has 0 saturated carbocycles.